The van der Waals surface area contributed by atoms with Crippen molar-refractivity contribution in [3.8, 4) is 11.5 Å². The third kappa shape index (κ3) is 3.88. The molecule has 27 heavy (non-hydrogen) atoms. The van der Waals surface area contributed by atoms with E-state index >= 15 is 0 Å². The molecule has 1 unspecified atom stereocenters. The number of ether oxygens (including phenoxy) is 2. The van der Waals surface area contributed by atoms with Gasteiger partial charge in [-0.15, -0.1) is 0 Å². The van der Waals surface area contributed by atoms with Crippen molar-refractivity contribution < 1.29 is 22.7 Å². The minimum Gasteiger partial charge on any atom is -0.493 e. The van der Waals surface area contributed by atoms with Crippen LogP contribution in [0.15, 0.2) is 47.5 Å². The second kappa shape index (κ2) is 7.93. The zero-order valence-electron chi connectivity index (χ0n) is 15.1. The molecule has 1 N–H and O–H groups in total. The molecule has 2 aromatic rings. The first kappa shape index (κ1) is 19.1. The van der Waals surface area contributed by atoms with E-state index in [4.69, 9.17) is 9.47 Å². The van der Waals surface area contributed by atoms with Crippen molar-refractivity contribution in [3.05, 3.63) is 42.6 Å². The molecule has 1 aromatic heterocycles. The van der Waals surface area contributed by atoms with E-state index in [9.17, 15) is 13.2 Å². The lowest BCUT2D eigenvalue weighted by Crippen LogP contribution is -2.43. The van der Waals surface area contributed by atoms with E-state index in [1.54, 1.807) is 24.4 Å². The number of pyridine rings is 1. The van der Waals surface area contributed by atoms with Crippen LogP contribution in [0.5, 0.6) is 11.5 Å². The summed E-state index contributed by atoms with van der Waals surface area (Å²) in [5.41, 5.74) is 0. The number of carbonyl (C=O) groups excluding carboxylic acids is 1. The Kier molecular flexibility index (Phi) is 5.62. The van der Waals surface area contributed by atoms with Crippen molar-refractivity contribution in [1.29, 1.82) is 0 Å². The van der Waals surface area contributed by atoms with Gasteiger partial charge in [0.15, 0.2) is 11.5 Å². The third-order valence-corrected chi connectivity index (χ3v) is 6.29. The SMILES string of the molecule is COc1ccc(S(=O)(=O)N2CCCC2C(=O)Nc2ccccn2)cc1OC. The highest BCUT2D eigenvalue weighted by Gasteiger charge is 2.39. The fourth-order valence-corrected chi connectivity index (χ4v) is 4.72. The molecule has 1 atom stereocenters. The van der Waals surface area contributed by atoms with Gasteiger partial charge in [0, 0.05) is 18.8 Å². The number of methoxy groups -OCH3 is 2. The van der Waals surface area contributed by atoms with E-state index in [0.717, 1.165) is 0 Å². The number of aromatic nitrogens is 1. The van der Waals surface area contributed by atoms with Gasteiger partial charge in [-0.1, -0.05) is 6.07 Å². The van der Waals surface area contributed by atoms with Crippen LogP contribution in [0.25, 0.3) is 0 Å². The minimum absolute atomic E-state index is 0.0534. The summed E-state index contributed by atoms with van der Waals surface area (Å²) < 4.78 is 37.8. The van der Waals surface area contributed by atoms with Gasteiger partial charge in [0.25, 0.3) is 0 Å². The lowest BCUT2D eigenvalue weighted by atomic mass is 10.2. The topological polar surface area (TPSA) is 97.8 Å². The molecular formula is C18H21N3O5S. The number of anilines is 1. The maximum absolute atomic E-state index is 13.1. The molecule has 0 spiro atoms. The summed E-state index contributed by atoms with van der Waals surface area (Å²) in [5.74, 6) is 0.739. The minimum atomic E-state index is -3.87. The van der Waals surface area contributed by atoms with Crippen LogP contribution in [0.1, 0.15) is 12.8 Å². The Labute approximate surface area is 158 Å². The summed E-state index contributed by atoms with van der Waals surface area (Å²) in [7, 11) is -0.952. The van der Waals surface area contributed by atoms with Crippen molar-refractivity contribution in [2.75, 3.05) is 26.1 Å². The number of sulfonamides is 1. The predicted octanol–water partition coefficient (Wildman–Crippen LogP) is 1.89. The molecule has 2 heterocycles. The summed E-state index contributed by atoms with van der Waals surface area (Å²) in [6.07, 6.45) is 2.61. The van der Waals surface area contributed by atoms with E-state index in [1.165, 1.54) is 36.7 Å². The van der Waals surface area contributed by atoms with E-state index in [1.807, 2.05) is 0 Å². The average Bonchev–Trinajstić information content (AvgIpc) is 3.19. The van der Waals surface area contributed by atoms with Crippen LogP contribution in [-0.2, 0) is 14.8 Å². The highest BCUT2D eigenvalue weighted by Crippen LogP contribution is 2.33. The number of nitrogens with zero attached hydrogens (tertiary/aromatic N) is 2. The van der Waals surface area contributed by atoms with E-state index in [0.29, 0.717) is 30.2 Å². The number of nitrogens with one attached hydrogen (secondary N) is 1. The Balaban J connectivity index is 1.86. The Morgan fingerprint density at radius 1 is 1.19 bits per heavy atom. The molecule has 9 heteroatoms. The Bertz CT molecular complexity index is 918. The fourth-order valence-electron chi connectivity index (χ4n) is 3.05. The van der Waals surface area contributed by atoms with Crippen molar-refractivity contribution in [2.24, 2.45) is 0 Å². The molecule has 1 aliphatic rings. The lowest BCUT2D eigenvalue weighted by Gasteiger charge is -2.23. The van der Waals surface area contributed by atoms with Crippen molar-refractivity contribution in [1.82, 2.24) is 9.29 Å². The van der Waals surface area contributed by atoms with Gasteiger partial charge < -0.3 is 14.8 Å². The number of benzene rings is 1. The van der Waals surface area contributed by atoms with Gasteiger partial charge >= 0.3 is 0 Å². The van der Waals surface area contributed by atoms with E-state index < -0.39 is 22.0 Å². The molecule has 1 fully saturated rings. The summed E-state index contributed by atoms with van der Waals surface area (Å²) in [6, 6.07) is 8.73. The van der Waals surface area contributed by atoms with Gasteiger partial charge in [-0.25, -0.2) is 13.4 Å². The quantitative estimate of drug-likeness (QED) is 0.808. The van der Waals surface area contributed by atoms with Crippen LogP contribution in [-0.4, -0.2) is 50.4 Å². The molecule has 1 saturated heterocycles. The Morgan fingerprint density at radius 3 is 2.63 bits per heavy atom. The lowest BCUT2D eigenvalue weighted by molar-refractivity contribution is -0.119. The number of rotatable bonds is 6. The molecular weight excluding hydrogens is 370 g/mol. The number of hydrogen-bond donors (Lipinski definition) is 1. The Morgan fingerprint density at radius 2 is 1.96 bits per heavy atom. The first-order valence-electron chi connectivity index (χ1n) is 8.43. The summed E-state index contributed by atoms with van der Waals surface area (Å²) in [4.78, 5) is 16.7. The van der Waals surface area contributed by atoms with Crippen molar-refractivity contribution in [2.45, 2.75) is 23.8 Å². The maximum Gasteiger partial charge on any atom is 0.243 e. The van der Waals surface area contributed by atoms with Crippen LogP contribution in [0.2, 0.25) is 0 Å². The third-order valence-electron chi connectivity index (χ3n) is 4.38. The van der Waals surface area contributed by atoms with Gasteiger partial charge in [-0.3, -0.25) is 4.79 Å². The predicted molar refractivity (Wildman–Crippen MR) is 99.3 cm³/mol. The summed E-state index contributed by atoms with van der Waals surface area (Å²) in [5, 5.41) is 2.68. The normalized spacial score (nSPS) is 17.5. The van der Waals surface area contributed by atoms with Gasteiger partial charge in [0.05, 0.1) is 19.1 Å². The first-order valence-corrected chi connectivity index (χ1v) is 9.87. The monoisotopic (exact) mass is 391 g/mol. The van der Waals surface area contributed by atoms with Crippen LogP contribution >= 0.6 is 0 Å². The van der Waals surface area contributed by atoms with Crippen LogP contribution in [0.4, 0.5) is 5.82 Å². The average molecular weight is 391 g/mol. The molecule has 0 radical (unpaired) electrons. The maximum atomic E-state index is 13.1. The largest absolute Gasteiger partial charge is 0.493 e. The zero-order valence-corrected chi connectivity index (χ0v) is 15.9. The second-order valence-corrected chi connectivity index (χ2v) is 7.89. The smallest absolute Gasteiger partial charge is 0.243 e. The molecule has 1 aromatic carbocycles. The van der Waals surface area contributed by atoms with Crippen molar-refractivity contribution in [3.63, 3.8) is 0 Å². The molecule has 144 valence electrons. The van der Waals surface area contributed by atoms with Crippen LogP contribution in [0, 0.1) is 0 Å². The number of amides is 1. The molecule has 0 saturated carbocycles. The molecule has 3 rings (SSSR count). The highest BCUT2D eigenvalue weighted by atomic mass is 32.2. The molecule has 0 aliphatic carbocycles. The standard InChI is InChI=1S/C18H21N3O5S/c1-25-15-9-8-13(12-16(15)26-2)27(23,24)21-11-5-6-14(21)18(22)20-17-7-3-4-10-19-17/h3-4,7-10,12,14H,5-6,11H2,1-2H3,(H,19,20,22). The Hall–Kier alpha value is -2.65. The van der Waals surface area contributed by atoms with Crippen LogP contribution in [0.3, 0.4) is 0 Å². The second-order valence-electron chi connectivity index (χ2n) is 5.99. The van der Waals surface area contributed by atoms with Gasteiger partial charge in [-0.05, 0) is 37.1 Å². The first-order chi connectivity index (χ1) is 13.0. The van der Waals surface area contributed by atoms with E-state index in [2.05, 4.69) is 10.3 Å². The van der Waals surface area contributed by atoms with Crippen LogP contribution < -0.4 is 14.8 Å². The molecule has 1 amide bonds. The summed E-state index contributed by atoms with van der Waals surface area (Å²) >= 11 is 0. The van der Waals surface area contributed by atoms with Crippen molar-refractivity contribution >= 4 is 21.7 Å². The molecule has 0 bridgehead atoms. The number of carbonyl (C=O) groups is 1. The highest BCUT2D eigenvalue weighted by molar-refractivity contribution is 7.89. The molecule has 1 aliphatic heterocycles. The van der Waals surface area contributed by atoms with Gasteiger partial charge in [0.2, 0.25) is 15.9 Å². The van der Waals surface area contributed by atoms with Gasteiger partial charge in [0.1, 0.15) is 11.9 Å². The number of hydrogen-bond acceptors (Lipinski definition) is 6. The summed E-state index contributed by atoms with van der Waals surface area (Å²) in [6.45, 7) is 0.275. The van der Waals surface area contributed by atoms with E-state index in [-0.39, 0.29) is 11.4 Å². The fraction of sp³-hybridized carbons (Fsp3) is 0.333. The molecule has 8 nitrogen and oxygen atoms in total. The zero-order chi connectivity index (χ0) is 19.4. The van der Waals surface area contributed by atoms with Gasteiger partial charge in [-0.2, -0.15) is 4.31 Å².